The highest BCUT2D eigenvalue weighted by molar-refractivity contribution is 5.82. The van der Waals surface area contributed by atoms with E-state index in [4.69, 9.17) is 0 Å². The molecule has 0 bridgehead atoms. The Bertz CT molecular complexity index is 310. The maximum absolute atomic E-state index is 12.2. The molecule has 1 fully saturated rings. The molecule has 1 rings (SSSR count). The van der Waals surface area contributed by atoms with E-state index in [1.165, 1.54) is 6.92 Å². The highest BCUT2D eigenvalue weighted by Gasteiger charge is 2.39. The van der Waals surface area contributed by atoms with E-state index >= 15 is 0 Å². The van der Waals surface area contributed by atoms with Gasteiger partial charge in [0.2, 0.25) is 5.91 Å². The number of nitrogens with one attached hydrogen (secondary N) is 2. The number of rotatable bonds is 4. The lowest BCUT2D eigenvalue weighted by molar-refractivity contribution is -0.144. The normalized spacial score (nSPS) is 22.9. The van der Waals surface area contributed by atoms with Crippen LogP contribution < -0.4 is 10.6 Å². The van der Waals surface area contributed by atoms with Crippen LogP contribution in [0.3, 0.4) is 0 Å². The van der Waals surface area contributed by atoms with Gasteiger partial charge in [-0.05, 0) is 38.8 Å². The van der Waals surface area contributed by atoms with E-state index in [-0.39, 0.29) is 11.8 Å². The monoisotopic (exact) mass is 280 g/mol. The second-order valence-electron chi connectivity index (χ2n) is 5.96. The summed E-state index contributed by atoms with van der Waals surface area (Å²) in [6, 6.07) is -0.886. The van der Waals surface area contributed by atoms with E-state index < -0.39 is 24.1 Å². The Hall–Kier alpha value is -0.780. The van der Waals surface area contributed by atoms with Crippen LogP contribution in [0.25, 0.3) is 0 Å². The molecular formula is C13H23F3N2O. The fourth-order valence-electron chi connectivity index (χ4n) is 2.46. The fraction of sp³-hybridized carbons (Fsp3) is 0.923. The van der Waals surface area contributed by atoms with Gasteiger partial charge in [0, 0.05) is 11.5 Å². The first-order valence-electron chi connectivity index (χ1n) is 6.71. The highest BCUT2D eigenvalue weighted by Crippen LogP contribution is 2.32. The average molecular weight is 280 g/mol. The zero-order valence-electron chi connectivity index (χ0n) is 11.7. The highest BCUT2D eigenvalue weighted by atomic mass is 19.4. The van der Waals surface area contributed by atoms with E-state index in [0.717, 1.165) is 25.9 Å². The summed E-state index contributed by atoms with van der Waals surface area (Å²) in [4.78, 5) is 12.2. The van der Waals surface area contributed by atoms with E-state index in [1.54, 1.807) is 13.8 Å². The Morgan fingerprint density at radius 3 is 2.53 bits per heavy atom. The minimum atomic E-state index is -4.25. The molecule has 112 valence electrons. The van der Waals surface area contributed by atoms with Gasteiger partial charge in [0.15, 0.2) is 0 Å². The van der Waals surface area contributed by atoms with Crippen molar-refractivity contribution in [2.45, 2.75) is 52.3 Å². The standard InChI is InChI=1S/C13H23F3N2O/c1-9(7-13(14,15)16)18-11(19)12(2,3)10-5-4-6-17-8-10/h9-10,17H,4-8H2,1-3H3,(H,18,19). The molecule has 2 atom stereocenters. The first-order chi connectivity index (χ1) is 8.63. The van der Waals surface area contributed by atoms with E-state index in [1.807, 2.05) is 0 Å². The summed E-state index contributed by atoms with van der Waals surface area (Å²) in [6.07, 6.45) is -3.30. The minimum Gasteiger partial charge on any atom is -0.353 e. The number of carbonyl (C=O) groups is 1. The molecule has 0 aromatic rings. The van der Waals surface area contributed by atoms with Crippen LogP contribution in [-0.2, 0) is 4.79 Å². The van der Waals surface area contributed by atoms with Crippen LogP contribution in [0.1, 0.15) is 40.0 Å². The van der Waals surface area contributed by atoms with E-state index in [0.29, 0.717) is 0 Å². The van der Waals surface area contributed by atoms with Crippen molar-refractivity contribution in [3.63, 3.8) is 0 Å². The summed E-state index contributed by atoms with van der Waals surface area (Å²) in [5, 5.41) is 5.71. The van der Waals surface area contributed by atoms with E-state index in [9.17, 15) is 18.0 Å². The molecule has 0 spiro atoms. The van der Waals surface area contributed by atoms with Gasteiger partial charge in [-0.1, -0.05) is 13.8 Å². The molecule has 1 heterocycles. The number of alkyl halides is 3. The first kappa shape index (κ1) is 16.3. The van der Waals surface area contributed by atoms with Gasteiger partial charge in [0.25, 0.3) is 0 Å². The number of amides is 1. The molecule has 19 heavy (non-hydrogen) atoms. The van der Waals surface area contributed by atoms with Gasteiger partial charge in [0.1, 0.15) is 0 Å². The third-order valence-electron chi connectivity index (χ3n) is 3.82. The Balaban J connectivity index is 2.55. The SMILES string of the molecule is CC(CC(F)(F)F)NC(=O)C(C)(C)C1CCCNC1. The molecule has 1 amide bonds. The number of hydrogen-bond donors (Lipinski definition) is 2. The summed E-state index contributed by atoms with van der Waals surface area (Å²) >= 11 is 0. The minimum absolute atomic E-state index is 0.166. The molecule has 2 unspecified atom stereocenters. The number of carbonyl (C=O) groups excluding carboxylic acids is 1. The number of hydrogen-bond acceptors (Lipinski definition) is 2. The van der Waals surface area contributed by atoms with E-state index in [2.05, 4.69) is 10.6 Å². The Morgan fingerprint density at radius 1 is 1.42 bits per heavy atom. The van der Waals surface area contributed by atoms with Gasteiger partial charge >= 0.3 is 6.18 Å². The molecule has 0 aliphatic carbocycles. The van der Waals surface area contributed by atoms with Crippen molar-refractivity contribution < 1.29 is 18.0 Å². The predicted octanol–water partition coefficient (Wildman–Crippen LogP) is 2.47. The number of piperidine rings is 1. The van der Waals surface area contributed by atoms with Crippen LogP contribution in [0.2, 0.25) is 0 Å². The lowest BCUT2D eigenvalue weighted by Gasteiger charge is -2.36. The first-order valence-corrected chi connectivity index (χ1v) is 6.71. The van der Waals surface area contributed by atoms with Crippen LogP contribution in [0.5, 0.6) is 0 Å². The zero-order valence-corrected chi connectivity index (χ0v) is 11.7. The molecule has 0 aromatic carbocycles. The lowest BCUT2D eigenvalue weighted by atomic mass is 9.74. The molecule has 1 saturated heterocycles. The van der Waals surface area contributed by atoms with Gasteiger partial charge in [0.05, 0.1) is 6.42 Å². The molecule has 1 aliphatic heterocycles. The van der Waals surface area contributed by atoms with Gasteiger partial charge in [-0.2, -0.15) is 13.2 Å². The predicted molar refractivity (Wildman–Crippen MR) is 67.7 cm³/mol. The summed E-state index contributed by atoms with van der Waals surface area (Å²) in [5.74, 6) is -0.128. The second-order valence-corrected chi connectivity index (χ2v) is 5.96. The second kappa shape index (κ2) is 6.11. The Kier molecular flexibility index (Phi) is 5.24. The zero-order chi connectivity index (χ0) is 14.7. The summed E-state index contributed by atoms with van der Waals surface area (Å²) in [5.41, 5.74) is -0.646. The average Bonchev–Trinajstić information content (AvgIpc) is 2.27. The Morgan fingerprint density at radius 2 is 2.05 bits per heavy atom. The van der Waals surface area contributed by atoms with Gasteiger partial charge in [-0.3, -0.25) is 4.79 Å². The molecular weight excluding hydrogens is 257 g/mol. The van der Waals surface area contributed by atoms with Crippen molar-refractivity contribution in [3.8, 4) is 0 Å². The van der Waals surface area contributed by atoms with Crippen molar-refractivity contribution >= 4 is 5.91 Å². The smallest absolute Gasteiger partial charge is 0.353 e. The Labute approximate surface area is 112 Å². The molecule has 0 saturated carbocycles. The fourth-order valence-corrected chi connectivity index (χ4v) is 2.46. The molecule has 0 aromatic heterocycles. The van der Waals surface area contributed by atoms with Crippen molar-refractivity contribution in [3.05, 3.63) is 0 Å². The van der Waals surface area contributed by atoms with Crippen LogP contribution in [0.15, 0.2) is 0 Å². The molecule has 3 nitrogen and oxygen atoms in total. The molecule has 1 aliphatic rings. The van der Waals surface area contributed by atoms with Crippen molar-refractivity contribution in [2.24, 2.45) is 11.3 Å². The maximum Gasteiger partial charge on any atom is 0.391 e. The maximum atomic E-state index is 12.2. The summed E-state index contributed by atoms with van der Waals surface area (Å²) in [7, 11) is 0. The lowest BCUT2D eigenvalue weighted by Crippen LogP contribution is -2.49. The summed E-state index contributed by atoms with van der Waals surface area (Å²) in [6.45, 7) is 6.69. The third kappa shape index (κ3) is 5.01. The number of halogens is 3. The van der Waals surface area contributed by atoms with Crippen molar-refractivity contribution in [2.75, 3.05) is 13.1 Å². The third-order valence-corrected chi connectivity index (χ3v) is 3.82. The molecule has 0 radical (unpaired) electrons. The van der Waals surface area contributed by atoms with Gasteiger partial charge < -0.3 is 10.6 Å². The quantitative estimate of drug-likeness (QED) is 0.830. The van der Waals surface area contributed by atoms with Crippen LogP contribution >= 0.6 is 0 Å². The molecule has 6 heteroatoms. The van der Waals surface area contributed by atoms with Gasteiger partial charge in [-0.25, -0.2) is 0 Å². The van der Waals surface area contributed by atoms with Crippen LogP contribution in [-0.4, -0.2) is 31.2 Å². The van der Waals surface area contributed by atoms with Crippen LogP contribution in [0.4, 0.5) is 13.2 Å². The summed E-state index contributed by atoms with van der Waals surface area (Å²) < 4.78 is 36.7. The van der Waals surface area contributed by atoms with Gasteiger partial charge in [-0.15, -0.1) is 0 Å². The largest absolute Gasteiger partial charge is 0.391 e. The van der Waals surface area contributed by atoms with Crippen molar-refractivity contribution in [1.82, 2.24) is 10.6 Å². The molecule has 2 N–H and O–H groups in total. The topological polar surface area (TPSA) is 41.1 Å². The van der Waals surface area contributed by atoms with Crippen LogP contribution in [0, 0.1) is 11.3 Å². The van der Waals surface area contributed by atoms with Crippen molar-refractivity contribution in [1.29, 1.82) is 0 Å².